The fourth-order valence-electron chi connectivity index (χ4n) is 2.36. The van der Waals surface area contributed by atoms with Gasteiger partial charge in [0.25, 0.3) is 5.91 Å². The van der Waals surface area contributed by atoms with Crippen LogP contribution >= 0.6 is 31.9 Å². The predicted octanol–water partition coefficient (Wildman–Crippen LogP) is 5.33. The molecule has 3 aromatic rings. The van der Waals surface area contributed by atoms with Crippen LogP contribution in [0.25, 0.3) is 17.4 Å². The lowest BCUT2D eigenvalue weighted by atomic mass is 10.2. The van der Waals surface area contributed by atoms with Gasteiger partial charge in [0.1, 0.15) is 17.2 Å². The smallest absolute Gasteiger partial charge is 0.352 e. The summed E-state index contributed by atoms with van der Waals surface area (Å²) in [6.45, 7) is 0. The molecule has 136 valence electrons. The van der Waals surface area contributed by atoms with E-state index in [0.29, 0.717) is 17.1 Å². The molecule has 0 saturated heterocycles. The molecule has 0 aliphatic heterocycles. The number of furan rings is 1. The Balaban J connectivity index is 1.85. The van der Waals surface area contributed by atoms with Crippen molar-refractivity contribution >= 4 is 49.8 Å². The molecule has 0 atom stereocenters. The third-order valence-corrected chi connectivity index (χ3v) is 4.49. The van der Waals surface area contributed by atoms with Crippen molar-refractivity contribution in [2.24, 2.45) is 0 Å². The van der Waals surface area contributed by atoms with Crippen LogP contribution in [-0.4, -0.2) is 17.0 Å². The van der Waals surface area contributed by atoms with E-state index in [1.54, 1.807) is 42.5 Å². The zero-order valence-electron chi connectivity index (χ0n) is 13.8. The first-order valence-corrected chi connectivity index (χ1v) is 9.38. The minimum Gasteiger partial charge on any atom is -0.477 e. The van der Waals surface area contributed by atoms with E-state index in [1.165, 1.54) is 6.08 Å². The average Bonchev–Trinajstić information content (AvgIpc) is 3.09. The monoisotopic (exact) mass is 489 g/mol. The van der Waals surface area contributed by atoms with E-state index in [4.69, 9.17) is 4.42 Å². The summed E-state index contributed by atoms with van der Waals surface area (Å²) >= 11 is 6.83. The SMILES string of the molecule is O=C(O)/C(=C/c1ccc(-c2cc(Br)cc(Br)c2)o1)NC(=O)c1ccccc1. The number of rotatable bonds is 5. The highest BCUT2D eigenvalue weighted by Gasteiger charge is 2.14. The van der Waals surface area contributed by atoms with Crippen molar-refractivity contribution < 1.29 is 19.1 Å². The number of nitrogens with one attached hydrogen (secondary N) is 1. The van der Waals surface area contributed by atoms with Gasteiger partial charge in [0.2, 0.25) is 0 Å². The molecule has 0 fully saturated rings. The van der Waals surface area contributed by atoms with Crippen molar-refractivity contribution in [3.63, 3.8) is 0 Å². The number of benzene rings is 2. The molecule has 0 radical (unpaired) electrons. The van der Waals surface area contributed by atoms with Crippen LogP contribution in [0.3, 0.4) is 0 Å². The van der Waals surface area contributed by atoms with Crippen LogP contribution in [0.2, 0.25) is 0 Å². The van der Waals surface area contributed by atoms with Gasteiger partial charge < -0.3 is 14.8 Å². The van der Waals surface area contributed by atoms with Gasteiger partial charge in [0.05, 0.1) is 0 Å². The van der Waals surface area contributed by atoms with Gasteiger partial charge in [0.15, 0.2) is 0 Å². The Kier molecular flexibility index (Phi) is 5.93. The number of halogens is 2. The Labute approximate surface area is 172 Å². The third kappa shape index (κ3) is 4.96. The molecule has 1 amide bonds. The molecule has 0 bridgehead atoms. The maximum Gasteiger partial charge on any atom is 0.352 e. The first kappa shape index (κ1) is 19.1. The second-order valence-electron chi connectivity index (χ2n) is 5.54. The van der Waals surface area contributed by atoms with Crippen LogP contribution in [0, 0.1) is 0 Å². The highest BCUT2D eigenvalue weighted by Crippen LogP contribution is 2.29. The summed E-state index contributed by atoms with van der Waals surface area (Å²) in [6, 6.07) is 17.4. The largest absolute Gasteiger partial charge is 0.477 e. The van der Waals surface area contributed by atoms with Crippen molar-refractivity contribution in [2.75, 3.05) is 0 Å². The molecule has 7 heteroatoms. The van der Waals surface area contributed by atoms with E-state index in [2.05, 4.69) is 37.2 Å². The fraction of sp³-hybridized carbons (Fsp3) is 0. The van der Waals surface area contributed by atoms with Gasteiger partial charge in [-0.1, -0.05) is 50.1 Å². The average molecular weight is 491 g/mol. The number of hydrogen-bond acceptors (Lipinski definition) is 3. The molecule has 0 aliphatic carbocycles. The number of hydrogen-bond donors (Lipinski definition) is 2. The highest BCUT2D eigenvalue weighted by atomic mass is 79.9. The van der Waals surface area contributed by atoms with E-state index < -0.39 is 11.9 Å². The third-order valence-electron chi connectivity index (χ3n) is 3.58. The van der Waals surface area contributed by atoms with E-state index in [-0.39, 0.29) is 5.70 Å². The van der Waals surface area contributed by atoms with E-state index in [9.17, 15) is 14.7 Å². The molecular formula is C20H13Br2NO4. The molecule has 5 nitrogen and oxygen atoms in total. The number of aliphatic carboxylic acids is 1. The lowest BCUT2D eigenvalue weighted by molar-refractivity contribution is -0.132. The van der Waals surface area contributed by atoms with Crippen molar-refractivity contribution in [1.82, 2.24) is 5.32 Å². The Morgan fingerprint density at radius 3 is 2.26 bits per heavy atom. The van der Waals surface area contributed by atoms with Gasteiger partial charge in [-0.05, 0) is 42.5 Å². The molecule has 0 saturated carbocycles. The minimum atomic E-state index is -1.26. The zero-order chi connectivity index (χ0) is 19.4. The lowest BCUT2D eigenvalue weighted by Crippen LogP contribution is -2.27. The second-order valence-corrected chi connectivity index (χ2v) is 7.37. The molecule has 0 aliphatic rings. The Morgan fingerprint density at radius 1 is 0.963 bits per heavy atom. The molecule has 0 unspecified atom stereocenters. The molecule has 3 rings (SSSR count). The standard InChI is InChI=1S/C20H13Br2NO4/c21-14-8-13(9-15(22)10-14)18-7-6-16(27-18)11-17(20(25)26)23-19(24)12-4-2-1-3-5-12/h1-11H,(H,23,24)(H,25,26)/b17-11-. The van der Waals surface area contributed by atoms with Crippen LogP contribution in [-0.2, 0) is 4.79 Å². The molecule has 1 heterocycles. The van der Waals surface area contributed by atoms with Crippen LogP contribution < -0.4 is 5.32 Å². The number of amides is 1. The van der Waals surface area contributed by atoms with Crippen LogP contribution in [0.4, 0.5) is 0 Å². The highest BCUT2D eigenvalue weighted by molar-refractivity contribution is 9.11. The van der Waals surface area contributed by atoms with Crippen molar-refractivity contribution in [3.8, 4) is 11.3 Å². The Hall–Kier alpha value is -2.64. The van der Waals surface area contributed by atoms with E-state index in [1.807, 2.05) is 18.2 Å². The minimum absolute atomic E-state index is 0.278. The molecule has 1 aromatic heterocycles. The van der Waals surface area contributed by atoms with Gasteiger partial charge in [0, 0.05) is 26.1 Å². The van der Waals surface area contributed by atoms with E-state index >= 15 is 0 Å². The van der Waals surface area contributed by atoms with Crippen molar-refractivity contribution in [3.05, 3.63) is 86.6 Å². The Morgan fingerprint density at radius 2 is 1.63 bits per heavy atom. The normalized spacial score (nSPS) is 11.3. The number of carbonyl (C=O) groups excluding carboxylic acids is 1. The summed E-state index contributed by atoms with van der Waals surface area (Å²) in [5, 5.41) is 11.8. The summed E-state index contributed by atoms with van der Waals surface area (Å²) in [6.07, 6.45) is 1.28. The fourth-order valence-corrected chi connectivity index (χ4v) is 3.65. The van der Waals surface area contributed by atoms with Gasteiger partial charge in [-0.25, -0.2) is 4.79 Å². The summed E-state index contributed by atoms with van der Waals surface area (Å²) in [4.78, 5) is 23.7. The maximum atomic E-state index is 12.2. The van der Waals surface area contributed by atoms with Crippen LogP contribution in [0.1, 0.15) is 16.1 Å². The summed E-state index contributed by atoms with van der Waals surface area (Å²) in [5.41, 5.74) is 0.907. The van der Waals surface area contributed by atoms with Crippen molar-refractivity contribution in [1.29, 1.82) is 0 Å². The van der Waals surface area contributed by atoms with Gasteiger partial charge in [-0.2, -0.15) is 0 Å². The summed E-state index contributed by atoms with van der Waals surface area (Å²) in [7, 11) is 0. The van der Waals surface area contributed by atoms with Gasteiger partial charge in [-0.15, -0.1) is 0 Å². The predicted molar refractivity (Wildman–Crippen MR) is 109 cm³/mol. The number of carboxylic acid groups (broad SMARTS) is 1. The van der Waals surface area contributed by atoms with E-state index in [0.717, 1.165) is 14.5 Å². The molecule has 2 aromatic carbocycles. The van der Waals surface area contributed by atoms with Crippen LogP contribution in [0.15, 0.2) is 79.7 Å². The first-order chi connectivity index (χ1) is 12.9. The topological polar surface area (TPSA) is 79.5 Å². The summed E-state index contributed by atoms with van der Waals surface area (Å²) in [5.74, 6) is -0.886. The first-order valence-electron chi connectivity index (χ1n) is 7.80. The quantitative estimate of drug-likeness (QED) is 0.474. The lowest BCUT2D eigenvalue weighted by Gasteiger charge is -2.05. The maximum absolute atomic E-state index is 12.2. The van der Waals surface area contributed by atoms with Crippen LogP contribution in [0.5, 0.6) is 0 Å². The summed E-state index contributed by atoms with van der Waals surface area (Å²) < 4.78 is 7.47. The molecule has 2 N–H and O–H groups in total. The zero-order valence-corrected chi connectivity index (χ0v) is 17.0. The second kappa shape index (κ2) is 8.37. The molecule has 27 heavy (non-hydrogen) atoms. The van der Waals surface area contributed by atoms with Gasteiger partial charge in [-0.3, -0.25) is 4.79 Å². The number of carboxylic acids is 1. The van der Waals surface area contributed by atoms with Gasteiger partial charge >= 0.3 is 5.97 Å². The number of carbonyl (C=O) groups is 2. The molecular weight excluding hydrogens is 478 g/mol. The Bertz CT molecular complexity index is 1010. The van der Waals surface area contributed by atoms with Crippen molar-refractivity contribution in [2.45, 2.75) is 0 Å². The molecule has 0 spiro atoms.